The molecule has 3 heterocycles. The minimum absolute atomic E-state index is 0.0289. The highest BCUT2D eigenvalue weighted by Crippen LogP contribution is 2.34. The number of hydrogen-bond acceptors (Lipinski definition) is 7. The Kier molecular flexibility index (Phi) is 4.79. The molecule has 5 rings (SSSR count). The van der Waals surface area contributed by atoms with Crippen LogP contribution in [0.2, 0.25) is 5.02 Å². The Morgan fingerprint density at radius 2 is 2.16 bits per heavy atom. The fourth-order valence-electron chi connectivity index (χ4n) is 3.53. The highest BCUT2D eigenvalue weighted by atomic mass is 35.5. The molecule has 2 amide bonds. The molecule has 1 aliphatic heterocycles. The molecule has 1 aliphatic carbocycles. The zero-order chi connectivity index (χ0) is 22.4. The molecule has 1 saturated heterocycles. The van der Waals surface area contributed by atoms with Crippen LogP contribution in [0.3, 0.4) is 0 Å². The monoisotopic (exact) mass is 447 g/mol. The molecule has 1 saturated carbocycles. The average Bonchev–Trinajstić information content (AvgIpc) is 3.42. The first-order chi connectivity index (χ1) is 15.4. The van der Waals surface area contributed by atoms with E-state index in [4.69, 9.17) is 21.8 Å². The van der Waals surface area contributed by atoms with Crippen molar-refractivity contribution in [3.8, 4) is 6.07 Å². The number of aromatic nitrogens is 3. The van der Waals surface area contributed by atoms with E-state index in [1.54, 1.807) is 35.0 Å². The van der Waals surface area contributed by atoms with Crippen molar-refractivity contribution < 1.29 is 9.59 Å². The van der Waals surface area contributed by atoms with Gasteiger partial charge in [-0.05, 0) is 44.0 Å². The van der Waals surface area contributed by atoms with Gasteiger partial charge < -0.3 is 10.6 Å². The van der Waals surface area contributed by atoms with Crippen LogP contribution in [0.1, 0.15) is 36.0 Å². The third-order valence-corrected chi connectivity index (χ3v) is 5.72. The number of anilines is 3. The van der Waals surface area contributed by atoms with Crippen molar-refractivity contribution in [3.05, 3.63) is 51.7 Å². The normalized spacial score (nSPS) is 17.0. The maximum absolute atomic E-state index is 12.0. The first kappa shape index (κ1) is 20.0. The Morgan fingerprint density at radius 1 is 1.34 bits per heavy atom. The average molecular weight is 448 g/mol. The number of nitrogens with one attached hydrogen (secondary N) is 3. The summed E-state index contributed by atoms with van der Waals surface area (Å²) in [7, 11) is 0. The van der Waals surface area contributed by atoms with E-state index in [2.05, 4.69) is 27.1 Å². The van der Waals surface area contributed by atoms with E-state index in [0.717, 1.165) is 24.2 Å². The van der Waals surface area contributed by atoms with Crippen LogP contribution in [0.5, 0.6) is 0 Å². The molecule has 160 valence electrons. The molecule has 2 aromatic heterocycles. The maximum Gasteiger partial charge on any atom is 0.254 e. The summed E-state index contributed by atoms with van der Waals surface area (Å²) < 4.78 is 1.71. The third-order valence-electron chi connectivity index (χ3n) is 5.41. The second-order valence-electron chi connectivity index (χ2n) is 7.84. The standard InChI is InChI=1S/C22H18ClN7O2/c1-11-19(27-17-5-2-12(9-24)6-16(17)23)29-21-14(7-13-8-18(31)28-22(13)32)10-25-30(21)20(11)26-15-3-4-15/h2,5-7,10,15,26H,3-4,8H2,1H3,(H,27,29)(H,28,31,32). The van der Waals surface area contributed by atoms with E-state index >= 15 is 0 Å². The summed E-state index contributed by atoms with van der Waals surface area (Å²) >= 11 is 6.36. The molecule has 0 spiro atoms. The van der Waals surface area contributed by atoms with Gasteiger partial charge in [0.1, 0.15) is 11.6 Å². The maximum atomic E-state index is 12.0. The van der Waals surface area contributed by atoms with Crippen molar-refractivity contribution in [3.63, 3.8) is 0 Å². The van der Waals surface area contributed by atoms with E-state index in [1.165, 1.54) is 0 Å². The highest BCUT2D eigenvalue weighted by molar-refractivity contribution is 6.33. The number of benzene rings is 1. The van der Waals surface area contributed by atoms with Crippen LogP contribution >= 0.6 is 11.6 Å². The quantitative estimate of drug-likeness (QED) is 0.404. The molecule has 0 atom stereocenters. The van der Waals surface area contributed by atoms with Crippen LogP contribution in [-0.4, -0.2) is 32.5 Å². The van der Waals surface area contributed by atoms with Crippen molar-refractivity contribution in [1.82, 2.24) is 19.9 Å². The van der Waals surface area contributed by atoms with Gasteiger partial charge in [-0.2, -0.15) is 14.9 Å². The number of carbonyl (C=O) groups is 2. The summed E-state index contributed by atoms with van der Waals surface area (Å²) in [4.78, 5) is 28.3. The van der Waals surface area contributed by atoms with Crippen molar-refractivity contribution in [1.29, 1.82) is 5.26 Å². The van der Waals surface area contributed by atoms with E-state index < -0.39 is 5.91 Å². The second kappa shape index (κ2) is 7.66. The van der Waals surface area contributed by atoms with Gasteiger partial charge in [-0.25, -0.2) is 4.98 Å². The number of halogens is 1. The number of imide groups is 1. The van der Waals surface area contributed by atoms with Gasteiger partial charge in [0.15, 0.2) is 5.65 Å². The minimum atomic E-state index is -0.402. The number of carbonyl (C=O) groups excluding carboxylic acids is 2. The van der Waals surface area contributed by atoms with Crippen molar-refractivity contribution in [2.45, 2.75) is 32.2 Å². The molecule has 1 aromatic carbocycles. The fourth-order valence-corrected chi connectivity index (χ4v) is 3.75. The van der Waals surface area contributed by atoms with Gasteiger partial charge >= 0.3 is 0 Å². The summed E-state index contributed by atoms with van der Waals surface area (Å²) in [5.41, 5.74) is 3.45. The van der Waals surface area contributed by atoms with Crippen molar-refractivity contribution in [2.24, 2.45) is 0 Å². The van der Waals surface area contributed by atoms with Crippen molar-refractivity contribution in [2.75, 3.05) is 10.6 Å². The number of nitrogens with zero attached hydrogens (tertiary/aromatic N) is 4. The molecule has 2 aliphatic rings. The summed E-state index contributed by atoms with van der Waals surface area (Å²) in [6.07, 6.45) is 5.45. The van der Waals surface area contributed by atoms with Crippen molar-refractivity contribution >= 4 is 52.5 Å². The largest absolute Gasteiger partial charge is 0.367 e. The van der Waals surface area contributed by atoms with Gasteiger partial charge in [0, 0.05) is 22.7 Å². The molecule has 0 radical (unpaired) electrons. The summed E-state index contributed by atoms with van der Waals surface area (Å²) in [6.45, 7) is 1.93. The number of hydrogen-bond donors (Lipinski definition) is 3. The molecular formula is C22H18ClN7O2. The van der Waals surface area contributed by atoms with Crippen LogP contribution in [-0.2, 0) is 9.59 Å². The van der Waals surface area contributed by atoms with E-state index in [1.807, 2.05) is 6.92 Å². The van der Waals surface area contributed by atoms with E-state index in [-0.39, 0.29) is 12.3 Å². The van der Waals surface area contributed by atoms with Gasteiger partial charge in [0.2, 0.25) is 5.91 Å². The van der Waals surface area contributed by atoms with E-state index in [0.29, 0.717) is 44.9 Å². The highest BCUT2D eigenvalue weighted by Gasteiger charge is 2.27. The zero-order valence-electron chi connectivity index (χ0n) is 17.1. The van der Waals surface area contributed by atoms with Crippen LogP contribution in [0.25, 0.3) is 11.7 Å². The summed E-state index contributed by atoms with van der Waals surface area (Å²) in [5, 5.41) is 23.0. The molecule has 9 nitrogen and oxygen atoms in total. The summed E-state index contributed by atoms with van der Waals surface area (Å²) in [6, 6.07) is 7.43. The first-order valence-corrected chi connectivity index (χ1v) is 10.5. The number of rotatable bonds is 5. The minimum Gasteiger partial charge on any atom is -0.367 e. The van der Waals surface area contributed by atoms with Gasteiger partial charge in [0.05, 0.1) is 35.0 Å². The van der Waals surface area contributed by atoms with Gasteiger partial charge in [0.25, 0.3) is 5.91 Å². The molecule has 3 N–H and O–H groups in total. The molecule has 3 aromatic rings. The van der Waals surface area contributed by atoms with Crippen LogP contribution in [0.15, 0.2) is 30.0 Å². The molecule has 2 fully saturated rings. The lowest BCUT2D eigenvalue weighted by Gasteiger charge is -2.16. The lowest BCUT2D eigenvalue weighted by Crippen LogP contribution is -2.19. The Labute approximate surface area is 188 Å². The summed E-state index contributed by atoms with van der Waals surface area (Å²) in [5.74, 6) is 0.636. The predicted octanol–water partition coefficient (Wildman–Crippen LogP) is 3.31. The van der Waals surface area contributed by atoms with Gasteiger partial charge in [-0.3, -0.25) is 14.9 Å². The molecule has 32 heavy (non-hydrogen) atoms. The molecule has 10 heteroatoms. The smallest absolute Gasteiger partial charge is 0.254 e. The Bertz CT molecular complexity index is 1360. The van der Waals surface area contributed by atoms with Gasteiger partial charge in [-0.1, -0.05) is 11.6 Å². The molecule has 0 bridgehead atoms. The van der Waals surface area contributed by atoms with E-state index in [9.17, 15) is 9.59 Å². The van der Waals surface area contributed by atoms with Crippen LogP contribution < -0.4 is 16.0 Å². The topological polar surface area (TPSA) is 124 Å². The van der Waals surface area contributed by atoms with Gasteiger partial charge in [-0.15, -0.1) is 0 Å². The Morgan fingerprint density at radius 3 is 2.81 bits per heavy atom. The first-order valence-electron chi connectivity index (χ1n) is 10.1. The number of fused-ring (bicyclic) bond motifs is 1. The number of amides is 2. The Hall–Kier alpha value is -3.90. The molecular weight excluding hydrogens is 430 g/mol. The molecule has 0 unspecified atom stereocenters. The lowest BCUT2D eigenvalue weighted by atomic mass is 10.1. The number of nitriles is 1. The van der Waals surface area contributed by atoms with Crippen LogP contribution in [0, 0.1) is 18.3 Å². The zero-order valence-corrected chi connectivity index (χ0v) is 17.8. The van der Waals surface area contributed by atoms with Crippen LogP contribution in [0.4, 0.5) is 17.3 Å². The predicted molar refractivity (Wildman–Crippen MR) is 120 cm³/mol. The second-order valence-corrected chi connectivity index (χ2v) is 8.25. The third kappa shape index (κ3) is 3.65. The SMILES string of the molecule is Cc1c(Nc2ccc(C#N)cc2Cl)nc2c(C=C3CC(=O)NC3=O)cnn2c1NC1CC1. The Balaban J connectivity index is 1.62. The lowest BCUT2D eigenvalue weighted by molar-refractivity contribution is -0.124. The fraction of sp³-hybridized carbons (Fsp3) is 0.227.